The summed E-state index contributed by atoms with van der Waals surface area (Å²) in [6, 6.07) is 16.9. The Labute approximate surface area is 122 Å². The summed E-state index contributed by atoms with van der Waals surface area (Å²) in [4.78, 5) is 11.4. The van der Waals surface area contributed by atoms with E-state index in [2.05, 4.69) is 0 Å². The average Bonchev–Trinajstić information content (AvgIpc) is 2.86. The van der Waals surface area contributed by atoms with Crippen LogP contribution in [0.15, 0.2) is 54.6 Å². The lowest BCUT2D eigenvalue weighted by Crippen LogP contribution is -2.05. The maximum atomic E-state index is 11.4. The van der Waals surface area contributed by atoms with Gasteiger partial charge in [0, 0.05) is 18.1 Å². The molecule has 4 heteroatoms. The lowest BCUT2D eigenvalue weighted by atomic mass is 10.0. The molecule has 0 aliphatic heterocycles. The van der Waals surface area contributed by atoms with Gasteiger partial charge in [0.2, 0.25) is 0 Å². The van der Waals surface area contributed by atoms with Gasteiger partial charge in [-0.15, -0.1) is 0 Å². The van der Waals surface area contributed by atoms with Gasteiger partial charge in [0.1, 0.15) is 6.73 Å². The van der Waals surface area contributed by atoms with E-state index in [0.29, 0.717) is 12.3 Å². The van der Waals surface area contributed by atoms with Crippen molar-refractivity contribution in [2.75, 3.05) is 7.11 Å². The van der Waals surface area contributed by atoms with Crippen LogP contribution in [0.25, 0.3) is 22.2 Å². The van der Waals surface area contributed by atoms with Crippen LogP contribution in [0.3, 0.4) is 0 Å². The number of hydrogen-bond donors (Lipinski definition) is 1. The maximum absolute atomic E-state index is 11.4. The smallest absolute Gasteiger partial charge is 0.336 e. The number of fused-ring (bicyclic) bond motifs is 1. The minimum atomic E-state index is -0.931. The van der Waals surface area contributed by atoms with Crippen molar-refractivity contribution >= 4 is 16.9 Å². The molecule has 0 fully saturated rings. The number of aromatic carboxylic acids is 1. The Bertz CT molecular complexity index is 805. The molecule has 21 heavy (non-hydrogen) atoms. The van der Waals surface area contributed by atoms with Crippen LogP contribution in [0.4, 0.5) is 0 Å². The van der Waals surface area contributed by atoms with Crippen molar-refractivity contribution in [3.05, 3.63) is 60.2 Å². The number of para-hydroxylation sites is 1. The molecule has 3 aromatic rings. The number of methoxy groups -OCH3 is 1. The monoisotopic (exact) mass is 281 g/mol. The number of carbonyl (C=O) groups is 1. The third kappa shape index (κ3) is 2.30. The summed E-state index contributed by atoms with van der Waals surface area (Å²) < 4.78 is 7.26. The summed E-state index contributed by atoms with van der Waals surface area (Å²) in [5, 5.41) is 10.4. The molecule has 1 aromatic heterocycles. The van der Waals surface area contributed by atoms with Crippen LogP contribution in [0.5, 0.6) is 0 Å². The van der Waals surface area contributed by atoms with Crippen molar-refractivity contribution in [2.24, 2.45) is 0 Å². The van der Waals surface area contributed by atoms with Crippen LogP contribution in [-0.4, -0.2) is 22.8 Å². The molecule has 0 amide bonds. The van der Waals surface area contributed by atoms with Crippen molar-refractivity contribution in [2.45, 2.75) is 6.73 Å². The van der Waals surface area contributed by atoms with Gasteiger partial charge < -0.3 is 14.4 Å². The maximum Gasteiger partial charge on any atom is 0.336 e. The fourth-order valence-corrected chi connectivity index (χ4v) is 2.59. The van der Waals surface area contributed by atoms with Crippen LogP contribution in [-0.2, 0) is 11.5 Å². The molecule has 0 unspecified atom stereocenters. The zero-order chi connectivity index (χ0) is 14.8. The molecule has 0 spiro atoms. The second-order valence-corrected chi connectivity index (χ2v) is 4.78. The van der Waals surface area contributed by atoms with Gasteiger partial charge in [-0.2, -0.15) is 0 Å². The first kappa shape index (κ1) is 13.4. The van der Waals surface area contributed by atoms with E-state index in [1.807, 2.05) is 47.0 Å². The highest BCUT2D eigenvalue weighted by atomic mass is 16.5. The van der Waals surface area contributed by atoms with E-state index in [1.165, 1.54) is 0 Å². The van der Waals surface area contributed by atoms with Crippen molar-refractivity contribution in [3.63, 3.8) is 0 Å². The Hall–Kier alpha value is -2.59. The van der Waals surface area contributed by atoms with Crippen molar-refractivity contribution < 1.29 is 14.6 Å². The van der Waals surface area contributed by atoms with Gasteiger partial charge in [-0.25, -0.2) is 4.79 Å². The van der Waals surface area contributed by atoms with Gasteiger partial charge in [0.25, 0.3) is 0 Å². The molecule has 0 saturated carbocycles. The Morgan fingerprint density at radius 3 is 2.62 bits per heavy atom. The molecule has 1 heterocycles. The van der Waals surface area contributed by atoms with Gasteiger partial charge in [0.15, 0.2) is 0 Å². The van der Waals surface area contributed by atoms with Crippen molar-refractivity contribution in [3.8, 4) is 11.3 Å². The second-order valence-electron chi connectivity index (χ2n) is 4.78. The molecule has 4 nitrogen and oxygen atoms in total. The predicted molar refractivity (Wildman–Crippen MR) is 81.3 cm³/mol. The molecule has 0 aliphatic carbocycles. The number of nitrogens with zero attached hydrogens (tertiary/aromatic N) is 1. The van der Waals surface area contributed by atoms with Crippen LogP contribution in [0.1, 0.15) is 10.4 Å². The summed E-state index contributed by atoms with van der Waals surface area (Å²) in [6.45, 7) is 0.372. The van der Waals surface area contributed by atoms with Gasteiger partial charge in [-0.3, -0.25) is 0 Å². The number of hydrogen-bond acceptors (Lipinski definition) is 2. The minimum absolute atomic E-state index is 0.289. The first-order chi connectivity index (χ1) is 10.2. The lowest BCUT2D eigenvalue weighted by molar-refractivity contribution is 0.0697. The topological polar surface area (TPSA) is 51.5 Å². The molecule has 106 valence electrons. The quantitative estimate of drug-likeness (QED) is 0.794. The average molecular weight is 281 g/mol. The molecule has 0 bridgehead atoms. The third-order valence-electron chi connectivity index (χ3n) is 3.50. The summed E-state index contributed by atoms with van der Waals surface area (Å²) in [6.07, 6.45) is 0. The molecule has 0 saturated heterocycles. The Kier molecular flexibility index (Phi) is 3.46. The first-order valence-electron chi connectivity index (χ1n) is 6.62. The molecular formula is C17H15NO3. The predicted octanol–water partition coefficient (Wildman–Crippen LogP) is 3.61. The van der Waals surface area contributed by atoms with Crippen LogP contribution < -0.4 is 0 Å². The minimum Gasteiger partial charge on any atom is -0.478 e. The number of aromatic nitrogens is 1. The Balaban J connectivity index is 2.30. The first-order valence-corrected chi connectivity index (χ1v) is 6.62. The highest BCUT2D eigenvalue weighted by Gasteiger charge is 2.16. The van der Waals surface area contributed by atoms with Crippen molar-refractivity contribution in [1.82, 2.24) is 4.57 Å². The molecular weight excluding hydrogens is 266 g/mol. The van der Waals surface area contributed by atoms with E-state index < -0.39 is 5.97 Å². The third-order valence-corrected chi connectivity index (χ3v) is 3.50. The summed E-state index contributed by atoms with van der Waals surface area (Å²) in [7, 11) is 1.63. The molecule has 0 aliphatic rings. The van der Waals surface area contributed by atoms with Gasteiger partial charge in [-0.1, -0.05) is 36.4 Å². The highest BCUT2D eigenvalue weighted by Crippen LogP contribution is 2.30. The summed E-state index contributed by atoms with van der Waals surface area (Å²) in [5.41, 5.74) is 2.85. The van der Waals surface area contributed by atoms with E-state index >= 15 is 0 Å². The van der Waals surface area contributed by atoms with E-state index in [1.54, 1.807) is 19.2 Å². The lowest BCUT2D eigenvalue weighted by Gasteiger charge is -2.11. The molecule has 0 radical (unpaired) electrons. The number of ether oxygens (including phenoxy) is 1. The molecule has 3 rings (SSSR count). The van der Waals surface area contributed by atoms with E-state index in [4.69, 9.17) is 4.74 Å². The van der Waals surface area contributed by atoms with Gasteiger partial charge >= 0.3 is 5.97 Å². The van der Waals surface area contributed by atoms with Gasteiger partial charge in [-0.05, 0) is 18.2 Å². The molecule has 2 aromatic carbocycles. The summed E-state index contributed by atoms with van der Waals surface area (Å²) in [5.74, 6) is -0.931. The van der Waals surface area contributed by atoms with Crippen LogP contribution in [0.2, 0.25) is 0 Å². The Morgan fingerprint density at radius 1 is 1.14 bits per heavy atom. The van der Waals surface area contributed by atoms with Crippen LogP contribution in [0, 0.1) is 0 Å². The zero-order valence-electron chi connectivity index (χ0n) is 11.6. The largest absolute Gasteiger partial charge is 0.478 e. The fourth-order valence-electron chi connectivity index (χ4n) is 2.59. The fraction of sp³-hybridized carbons (Fsp3) is 0.118. The highest BCUT2D eigenvalue weighted by molar-refractivity contribution is 5.97. The standard InChI is InChI=1S/C17H15NO3/c1-21-11-18-15-9-5-2-6-12(15)10-16(18)13-7-3-4-8-14(13)17(19)20/h2-10H,11H2,1H3,(H,19,20). The van der Waals surface area contributed by atoms with Gasteiger partial charge in [0.05, 0.1) is 16.8 Å². The number of benzene rings is 2. The second kappa shape index (κ2) is 5.42. The SMILES string of the molecule is COCn1c(-c2ccccc2C(=O)O)cc2ccccc21. The number of carboxylic acid groups (broad SMARTS) is 1. The Morgan fingerprint density at radius 2 is 1.86 bits per heavy atom. The summed E-state index contributed by atoms with van der Waals surface area (Å²) >= 11 is 0. The van der Waals surface area contributed by atoms with Crippen LogP contribution >= 0.6 is 0 Å². The normalized spacial score (nSPS) is 10.9. The van der Waals surface area contributed by atoms with E-state index in [-0.39, 0.29) is 5.56 Å². The van der Waals surface area contributed by atoms with E-state index in [0.717, 1.165) is 16.6 Å². The number of carboxylic acids is 1. The molecule has 0 atom stereocenters. The zero-order valence-corrected chi connectivity index (χ0v) is 11.6. The van der Waals surface area contributed by atoms with E-state index in [9.17, 15) is 9.90 Å². The van der Waals surface area contributed by atoms with Crippen molar-refractivity contribution in [1.29, 1.82) is 0 Å². The molecule has 1 N–H and O–H groups in total. The number of rotatable bonds is 4.